The van der Waals surface area contributed by atoms with Crippen molar-refractivity contribution in [2.24, 2.45) is 0 Å². The molecule has 2 nitrogen and oxygen atoms in total. The van der Waals surface area contributed by atoms with E-state index in [2.05, 4.69) is 35.9 Å². The number of benzene rings is 1. The topological polar surface area (TPSA) is 25.8 Å². The third kappa shape index (κ3) is 1.26. The van der Waals surface area contributed by atoms with E-state index in [1.807, 2.05) is 13.1 Å². The van der Waals surface area contributed by atoms with E-state index >= 15 is 0 Å². The molecule has 1 aliphatic rings. The summed E-state index contributed by atoms with van der Waals surface area (Å²) < 4.78 is 0. The highest BCUT2D eigenvalue weighted by Crippen LogP contribution is 2.35. The first-order chi connectivity index (χ1) is 7.65. The molecule has 1 heterocycles. The fraction of sp³-hybridized carbons (Fsp3) is 0.286. The Labute approximate surface area is 95.4 Å². The van der Waals surface area contributed by atoms with Gasteiger partial charge in [0.15, 0.2) is 0 Å². The highest BCUT2D eigenvalue weighted by atomic mass is 14.8. The Hall–Kier alpha value is -1.70. The van der Waals surface area contributed by atoms with Gasteiger partial charge in [-0.25, -0.2) is 0 Å². The van der Waals surface area contributed by atoms with Crippen LogP contribution in [-0.2, 0) is 6.42 Å². The summed E-state index contributed by atoms with van der Waals surface area (Å²) in [6, 6.07) is 4.50. The van der Waals surface area contributed by atoms with E-state index < -0.39 is 0 Å². The van der Waals surface area contributed by atoms with Gasteiger partial charge in [-0.05, 0) is 43.5 Å². The number of nitrogens with zero attached hydrogens (tertiary/aromatic N) is 2. The van der Waals surface area contributed by atoms with Gasteiger partial charge in [-0.3, -0.25) is 9.97 Å². The first-order valence-corrected chi connectivity index (χ1v) is 5.58. The lowest BCUT2D eigenvalue weighted by Gasteiger charge is -2.04. The zero-order chi connectivity index (χ0) is 11.3. The Kier molecular flexibility index (Phi) is 1.87. The second kappa shape index (κ2) is 3.14. The van der Waals surface area contributed by atoms with Crippen LogP contribution < -0.4 is 0 Å². The lowest BCUT2D eigenvalue weighted by Crippen LogP contribution is -1.92. The fourth-order valence-corrected chi connectivity index (χ4v) is 2.30. The van der Waals surface area contributed by atoms with Crippen molar-refractivity contribution in [2.75, 3.05) is 0 Å². The molecule has 16 heavy (non-hydrogen) atoms. The van der Waals surface area contributed by atoms with Crippen LogP contribution in [-0.4, -0.2) is 9.97 Å². The Morgan fingerprint density at radius 1 is 1.06 bits per heavy atom. The number of aryl methyl sites for hydroxylation is 3. The molecule has 0 unspecified atom stereocenters. The molecule has 0 bridgehead atoms. The van der Waals surface area contributed by atoms with Crippen LogP contribution in [0.4, 0.5) is 0 Å². The molecule has 1 aliphatic carbocycles. The molecule has 0 N–H and O–H groups in total. The van der Waals surface area contributed by atoms with Crippen LogP contribution >= 0.6 is 0 Å². The molecule has 2 aromatic rings. The lowest BCUT2D eigenvalue weighted by atomic mass is 10.0. The summed E-state index contributed by atoms with van der Waals surface area (Å²) >= 11 is 0. The summed E-state index contributed by atoms with van der Waals surface area (Å²) in [5, 5.41) is 0. The molecular weight excluding hydrogens is 196 g/mol. The zero-order valence-electron chi connectivity index (χ0n) is 9.83. The van der Waals surface area contributed by atoms with Crippen LogP contribution in [0.25, 0.3) is 11.3 Å². The third-order valence-electron chi connectivity index (χ3n) is 3.30. The van der Waals surface area contributed by atoms with Crippen molar-refractivity contribution in [3.05, 3.63) is 46.4 Å². The monoisotopic (exact) mass is 210 g/mol. The van der Waals surface area contributed by atoms with Crippen LogP contribution in [0.3, 0.4) is 0 Å². The third-order valence-corrected chi connectivity index (χ3v) is 3.30. The van der Waals surface area contributed by atoms with Gasteiger partial charge in [0.2, 0.25) is 0 Å². The molecule has 0 atom stereocenters. The minimum atomic E-state index is 0.931. The lowest BCUT2D eigenvalue weighted by molar-refractivity contribution is 1.03. The van der Waals surface area contributed by atoms with Crippen molar-refractivity contribution in [3.63, 3.8) is 0 Å². The van der Waals surface area contributed by atoms with Gasteiger partial charge in [0.05, 0.1) is 17.1 Å². The van der Waals surface area contributed by atoms with Gasteiger partial charge in [-0.1, -0.05) is 6.07 Å². The van der Waals surface area contributed by atoms with Gasteiger partial charge >= 0.3 is 0 Å². The Bertz CT molecular complexity index is 586. The maximum absolute atomic E-state index is 4.57. The standard InChI is InChI=1S/C14H14N2/c1-8-4-11-6-13-14(12(11)5-9(8)2)15-7-10(3)16-13/h4-5,7H,6H2,1-3H3. The highest BCUT2D eigenvalue weighted by molar-refractivity contribution is 5.73. The predicted octanol–water partition coefficient (Wildman–Crippen LogP) is 2.97. The average molecular weight is 210 g/mol. The van der Waals surface area contributed by atoms with Gasteiger partial charge in [-0.2, -0.15) is 0 Å². The molecule has 0 fully saturated rings. The van der Waals surface area contributed by atoms with Gasteiger partial charge < -0.3 is 0 Å². The molecule has 1 aromatic heterocycles. The van der Waals surface area contributed by atoms with Crippen molar-refractivity contribution >= 4 is 0 Å². The number of aromatic nitrogens is 2. The van der Waals surface area contributed by atoms with E-state index in [9.17, 15) is 0 Å². The van der Waals surface area contributed by atoms with Crippen LogP contribution in [0.5, 0.6) is 0 Å². The predicted molar refractivity (Wildman–Crippen MR) is 64.5 cm³/mol. The number of rotatable bonds is 0. The SMILES string of the molecule is Cc1cnc2c(n1)Cc1cc(C)c(C)cc1-2. The second-order valence-corrected chi connectivity index (χ2v) is 4.58. The summed E-state index contributed by atoms with van der Waals surface area (Å²) in [6.07, 6.45) is 2.78. The summed E-state index contributed by atoms with van der Waals surface area (Å²) in [4.78, 5) is 9.07. The van der Waals surface area contributed by atoms with E-state index in [1.165, 1.54) is 22.3 Å². The van der Waals surface area contributed by atoms with Crippen molar-refractivity contribution in [1.29, 1.82) is 0 Å². The molecule has 0 saturated heterocycles. The number of hydrogen-bond acceptors (Lipinski definition) is 2. The first-order valence-electron chi connectivity index (χ1n) is 5.58. The van der Waals surface area contributed by atoms with Crippen molar-refractivity contribution in [3.8, 4) is 11.3 Å². The molecule has 3 rings (SSSR count). The minimum Gasteiger partial charge on any atom is -0.254 e. The Morgan fingerprint density at radius 2 is 1.81 bits per heavy atom. The minimum absolute atomic E-state index is 0.931. The molecule has 0 spiro atoms. The summed E-state index contributed by atoms with van der Waals surface area (Å²) in [5.41, 5.74) is 8.51. The molecule has 0 amide bonds. The smallest absolute Gasteiger partial charge is 0.0923 e. The van der Waals surface area contributed by atoms with Gasteiger partial charge in [-0.15, -0.1) is 0 Å². The molecule has 1 aromatic carbocycles. The van der Waals surface area contributed by atoms with Crippen LogP contribution in [0.15, 0.2) is 18.3 Å². The van der Waals surface area contributed by atoms with Gasteiger partial charge in [0.1, 0.15) is 0 Å². The molecule has 80 valence electrons. The van der Waals surface area contributed by atoms with Crippen LogP contribution in [0.2, 0.25) is 0 Å². The largest absolute Gasteiger partial charge is 0.254 e. The average Bonchev–Trinajstić information content (AvgIpc) is 2.55. The summed E-state index contributed by atoms with van der Waals surface area (Å²) in [5.74, 6) is 0. The van der Waals surface area contributed by atoms with Crippen molar-refractivity contribution < 1.29 is 0 Å². The number of fused-ring (bicyclic) bond motifs is 3. The number of hydrogen-bond donors (Lipinski definition) is 0. The van der Waals surface area contributed by atoms with E-state index in [0.717, 1.165) is 23.5 Å². The summed E-state index contributed by atoms with van der Waals surface area (Å²) in [7, 11) is 0. The van der Waals surface area contributed by atoms with Gasteiger partial charge in [0.25, 0.3) is 0 Å². The quantitative estimate of drug-likeness (QED) is 0.570. The van der Waals surface area contributed by atoms with E-state index in [1.54, 1.807) is 0 Å². The zero-order valence-corrected chi connectivity index (χ0v) is 9.83. The van der Waals surface area contributed by atoms with Crippen LogP contribution in [0, 0.1) is 20.8 Å². The van der Waals surface area contributed by atoms with Crippen LogP contribution in [0.1, 0.15) is 28.1 Å². The summed E-state index contributed by atoms with van der Waals surface area (Å²) in [6.45, 7) is 6.30. The first kappa shape index (κ1) is 9.52. The van der Waals surface area contributed by atoms with E-state index in [4.69, 9.17) is 0 Å². The molecule has 0 radical (unpaired) electrons. The molecule has 0 aliphatic heterocycles. The van der Waals surface area contributed by atoms with Crippen molar-refractivity contribution in [2.45, 2.75) is 27.2 Å². The second-order valence-electron chi connectivity index (χ2n) is 4.58. The maximum Gasteiger partial charge on any atom is 0.0923 e. The Balaban J connectivity index is 2.25. The van der Waals surface area contributed by atoms with E-state index in [-0.39, 0.29) is 0 Å². The maximum atomic E-state index is 4.57. The molecular formula is C14H14N2. The molecule has 0 saturated carbocycles. The van der Waals surface area contributed by atoms with Gasteiger partial charge in [0, 0.05) is 18.2 Å². The van der Waals surface area contributed by atoms with E-state index in [0.29, 0.717) is 0 Å². The fourth-order valence-electron chi connectivity index (χ4n) is 2.30. The normalized spacial score (nSPS) is 12.4. The molecule has 2 heteroatoms. The highest BCUT2D eigenvalue weighted by Gasteiger charge is 2.21. The van der Waals surface area contributed by atoms with Crippen molar-refractivity contribution in [1.82, 2.24) is 9.97 Å². The Morgan fingerprint density at radius 3 is 2.62 bits per heavy atom.